The van der Waals surface area contributed by atoms with E-state index in [-0.39, 0.29) is 6.61 Å². The normalized spacial score (nSPS) is 7.22. The Hall–Kier alpha value is -1.17. The third kappa shape index (κ3) is 6.83. The van der Waals surface area contributed by atoms with Gasteiger partial charge in [-0.15, -0.1) is 5.92 Å². The largest absolute Gasteiger partial charge is 0.437 e. The fraction of sp³-hybridized carbons (Fsp3) is 0.500. The molecule has 0 aliphatic carbocycles. The van der Waals surface area contributed by atoms with E-state index in [4.69, 9.17) is 0 Å². The molecule has 0 bridgehead atoms. The fourth-order valence-electron chi connectivity index (χ4n) is 0.283. The van der Waals surface area contributed by atoms with Gasteiger partial charge in [0, 0.05) is 6.42 Å². The Morgan fingerprint density at radius 3 is 2.78 bits per heavy atom. The second kappa shape index (κ2) is 4.98. The molecule has 0 unspecified atom stereocenters. The van der Waals surface area contributed by atoms with Crippen molar-refractivity contribution in [1.29, 1.82) is 0 Å². The number of rotatable bonds is 1. The van der Waals surface area contributed by atoms with Gasteiger partial charge in [-0.05, 0) is 0 Å². The molecule has 9 heavy (non-hydrogen) atoms. The number of hydrogen-bond acceptors (Lipinski definition) is 2. The molecule has 0 spiro atoms. The van der Waals surface area contributed by atoms with E-state index in [1.54, 1.807) is 0 Å². The lowest BCUT2D eigenvalue weighted by Gasteiger charge is -1.89. The molecule has 0 saturated heterocycles. The number of ether oxygens (including phenoxy) is 1. The Bertz CT molecular complexity index is 143. The molecule has 0 atom stereocenters. The average molecular weight is 127 g/mol. The molecule has 50 valence electrons. The highest BCUT2D eigenvalue weighted by atomic mass is 16.5. The van der Waals surface area contributed by atoms with Crippen LogP contribution in [0.25, 0.3) is 0 Å². The van der Waals surface area contributed by atoms with Crippen LogP contribution < -0.4 is 5.73 Å². The molecule has 0 fully saturated rings. The first kappa shape index (κ1) is 7.83. The number of amides is 1. The molecular weight excluding hydrogens is 118 g/mol. The Kier molecular flexibility index (Phi) is 4.33. The lowest BCUT2D eigenvalue weighted by molar-refractivity contribution is 0.171. The van der Waals surface area contributed by atoms with E-state index in [0.717, 1.165) is 6.42 Å². The molecule has 0 aliphatic rings. The van der Waals surface area contributed by atoms with Crippen molar-refractivity contribution in [2.75, 3.05) is 6.61 Å². The van der Waals surface area contributed by atoms with Gasteiger partial charge in [0.25, 0.3) is 0 Å². The van der Waals surface area contributed by atoms with Crippen LogP contribution in [0.3, 0.4) is 0 Å². The van der Waals surface area contributed by atoms with Gasteiger partial charge in [0.15, 0.2) is 6.61 Å². The lowest BCUT2D eigenvalue weighted by Crippen LogP contribution is -2.12. The zero-order valence-corrected chi connectivity index (χ0v) is 5.31. The highest BCUT2D eigenvalue weighted by Gasteiger charge is 1.85. The van der Waals surface area contributed by atoms with Gasteiger partial charge in [-0.3, -0.25) is 0 Å². The Morgan fingerprint density at radius 2 is 2.33 bits per heavy atom. The maximum atomic E-state index is 9.89. The SMILES string of the molecule is CCC#CCOC(N)=O. The molecule has 0 heterocycles. The van der Waals surface area contributed by atoms with Crippen LogP contribution in [0.4, 0.5) is 4.79 Å². The number of hydrogen-bond donors (Lipinski definition) is 1. The number of carbonyl (C=O) groups is 1. The van der Waals surface area contributed by atoms with Crippen molar-refractivity contribution >= 4 is 6.09 Å². The number of carbonyl (C=O) groups excluding carboxylic acids is 1. The third-order valence-corrected chi connectivity index (χ3v) is 0.588. The van der Waals surface area contributed by atoms with E-state index in [1.807, 2.05) is 6.92 Å². The topological polar surface area (TPSA) is 52.3 Å². The predicted octanol–water partition coefficient (Wildman–Crippen LogP) is 0.495. The van der Waals surface area contributed by atoms with Gasteiger partial charge in [0.2, 0.25) is 0 Å². The molecule has 2 N–H and O–H groups in total. The molecule has 1 amide bonds. The zero-order valence-electron chi connectivity index (χ0n) is 5.31. The lowest BCUT2D eigenvalue weighted by atomic mass is 10.5. The maximum absolute atomic E-state index is 9.89. The molecule has 0 aromatic rings. The molecule has 0 saturated carbocycles. The Labute approximate surface area is 54.2 Å². The van der Waals surface area contributed by atoms with Crippen molar-refractivity contribution in [2.45, 2.75) is 13.3 Å². The molecule has 0 aromatic carbocycles. The van der Waals surface area contributed by atoms with E-state index in [2.05, 4.69) is 22.3 Å². The van der Waals surface area contributed by atoms with Crippen molar-refractivity contribution in [3.8, 4) is 11.8 Å². The minimum atomic E-state index is -0.777. The molecule has 3 heteroatoms. The second-order valence-electron chi connectivity index (χ2n) is 1.31. The molecule has 0 aliphatic heterocycles. The van der Waals surface area contributed by atoms with Gasteiger partial charge < -0.3 is 10.5 Å². The predicted molar refractivity (Wildman–Crippen MR) is 33.6 cm³/mol. The van der Waals surface area contributed by atoms with Gasteiger partial charge in [0.1, 0.15) is 0 Å². The van der Waals surface area contributed by atoms with Crippen LogP contribution in [-0.2, 0) is 4.74 Å². The van der Waals surface area contributed by atoms with Crippen molar-refractivity contribution in [2.24, 2.45) is 5.73 Å². The standard InChI is InChI=1S/C6H9NO2/c1-2-3-4-5-9-6(7)8/h2,5H2,1H3,(H2,7,8). The van der Waals surface area contributed by atoms with E-state index in [0.29, 0.717) is 0 Å². The van der Waals surface area contributed by atoms with Gasteiger partial charge >= 0.3 is 6.09 Å². The van der Waals surface area contributed by atoms with E-state index in [9.17, 15) is 4.79 Å². The summed E-state index contributed by atoms with van der Waals surface area (Å²) in [4.78, 5) is 9.89. The van der Waals surface area contributed by atoms with Crippen LogP contribution in [0, 0.1) is 11.8 Å². The average Bonchev–Trinajstić information content (AvgIpc) is 1.80. The second-order valence-corrected chi connectivity index (χ2v) is 1.31. The minimum Gasteiger partial charge on any atom is -0.437 e. The molecular formula is C6H9NO2. The van der Waals surface area contributed by atoms with Crippen molar-refractivity contribution < 1.29 is 9.53 Å². The highest BCUT2D eigenvalue weighted by Crippen LogP contribution is 1.71. The summed E-state index contributed by atoms with van der Waals surface area (Å²) in [5.74, 6) is 5.31. The van der Waals surface area contributed by atoms with Crippen LogP contribution in [0.2, 0.25) is 0 Å². The summed E-state index contributed by atoms with van der Waals surface area (Å²) in [5, 5.41) is 0. The summed E-state index contributed by atoms with van der Waals surface area (Å²) in [5.41, 5.74) is 4.65. The molecule has 0 rings (SSSR count). The quantitative estimate of drug-likeness (QED) is 0.521. The van der Waals surface area contributed by atoms with Crippen molar-refractivity contribution in [3.05, 3.63) is 0 Å². The summed E-state index contributed by atoms with van der Waals surface area (Å²) >= 11 is 0. The first-order chi connectivity index (χ1) is 4.27. The Balaban J connectivity index is 3.19. The summed E-state index contributed by atoms with van der Waals surface area (Å²) in [7, 11) is 0. The molecule has 0 radical (unpaired) electrons. The maximum Gasteiger partial charge on any atom is 0.405 e. The number of primary amides is 1. The van der Waals surface area contributed by atoms with Gasteiger partial charge in [-0.1, -0.05) is 12.8 Å². The van der Waals surface area contributed by atoms with E-state index >= 15 is 0 Å². The van der Waals surface area contributed by atoms with Crippen LogP contribution >= 0.6 is 0 Å². The summed E-state index contributed by atoms with van der Waals surface area (Å²) in [6, 6.07) is 0. The van der Waals surface area contributed by atoms with Gasteiger partial charge in [-0.2, -0.15) is 0 Å². The smallest absolute Gasteiger partial charge is 0.405 e. The fourth-order valence-corrected chi connectivity index (χ4v) is 0.283. The van der Waals surface area contributed by atoms with Gasteiger partial charge in [0.05, 0.1) is 0 Å². The van der Waals surface area contributed by atoms with Crippen LogP contribution in [0.1, 0.15) is 13.3 Å². The van der Waals surface area contributed by atoms with Crippen molar-refractivity contribution in [1.82, 2.24) is 0 Å². The van der Waals surface area contributed by atoms with Crippen LogP contribution in [-0.4, -0.2) is 12.7 Å². The third-order valence-electron chi connectivity index (χ3n) is 0.588. The van der Waals surface area contributed by atoms with E-state index < -0.39 is 6.09 Å². The molecule has 0 aromatic heterocycles. The Morgan fingerprint density at radius 1 is 1.67 bits per heavy atom. The van der Waals surface area contributed by atoms with Crippen LogP contribution in [0.15, 0.2) is 0 Å². The van der Waals surface area contributed by atoms with Crippen molar-refractivity contribution in [3.63, 3.8) is 0 Å². The first-order valence-corrected chi connectivity index (χ1v) is 2.65. The highest BCUT2D eigenvalue weighted by molar-refractivity contribution is 5.64. The van der Waals surface area contributed by atoms with E-state index in [1.165, 1.54) is 0 Å². The summed E-state index contributed by atoms with van der Waals surface area (Å²) in [6.45, 7) is 2.01. The minimum absolute atomic E-state index is 0.100. The van der Waals surface area contributed by atoms with Crippen LogP contribution in [0.5, 0.6) is 0 Å². The summed E-state index contributed by atoms with van der Waals surface area (Å²) < 4.78 is 4.31. The van der Waals surface area contributed by atoms with Gasteiger partial charge in [-0.25, -0.2) is 4.79 Å². The monoisotopic (exact) mass is 127 g/mol. The zero-order chi connectivity index (χ0) is 7.11. The number of nitrogens with two attached hydrogens (primary N) is 1. The first-order valence-electron chi connectivity index (χ1n) is 2.65. The summed E-state index contributed by atoms with van der Waals surface area (Å²) in [6.07, 6.45) is -0.0114. The molecule has 3 nitrogen and oxygen atoms in total.